The molecular formula is C24H30N4O4. The summed E-state index contributed by atoms with van der Waals surface area (Å²) in [5, 5.41) is 5.05. The number of rotatable bonds is 9. The number of benzene rings is 2. The molecule has 2 aromatic rings. The summed E-state index contributed by atoms with van der Waals surface area (Å²) < 4.78 is 5.43. The van der Waals surface area contributed by atoms with Gasteiger partial charge in [0.1, 0.15) is 18.7 Å². The molecule has 0 aromatic heterocycles. The molecular weight excluding hydrogens is 408 g/mol. The number of nitrogens with one attached hydrogen (secondary N) is 2. The normalized spacial score (nSPS) is 14.2. The van der Waals surface area contributed by atoms with Crippen molar-refractivity contribution in [3.8, 4) is 11.1 Å². The second kappa shape index (κ2) is 10.3. The Morgan fingerprint density at radius 2 is 1.56 bits per heavy atom. The van der Waals surface area contributed by atoms with Gasteiger partial charge >= 0.3 is 6.09 Å². The fourth-order valence-corrected chi connectivity index (χ4v) is 3.93. The molecule has 32 heavy (non-hydrogen) atoms. The first-order valence-electron chi connectivity index (χ1n) is 10.7. The molecule has 0 radical (unpaired) electrons. The minimum absolute atomic E-state index is 0.0579. The number of ether oxygens (including phenoxy) is 1. The molecule has 0 saturated carbocycles. The third kappa shape index (κ3) is 5.45. The van der Waals surface area contributed by atoms with E-state index in [4.69, 9.17) is 16.2 Å². The van der Waals surface area contributed by atoms with Crippen LogP contribution in [0.4, 0.5) is 4.79 Å². The van der Waals surface area contributed by atoms with Gasteiger partial charge in [0.25, 0.3) is 0 Å². The van der Waals surface area contributed by atoms with E-state index in [1.54, 1.807) is 0 Å². The summed E-state index contributed by atoms with van der Waals surface area (Å²) in [6.07, 6.45) is -0.253. The Balaban J connectivity index is 1.51. The highest BCUT2D eigenvalue weighted by molar-refractivity contribution is 5.89. The second-order valence-electron chi connectivity index (χ2n) is 8.41. The predicted molar refractivity (Wildman–Crippen MR) is 122 cm³/mol. The molecule has 6 N–H and O–H groups in total. The molecule has 8 heteroatoms. The van der Waals surface area contributed by atoms with E-state index in [1.165, 1.54) is 0 Å². The summed E-state index contributed by atoms with van der Waals surface area (Å²) in [4.78, 5) is 36.0. The van der Waals surface area contributed by atoms with Crippen LogP contribution in [0, 0.1) is 5.92 Å². The number of hydrogen-bond donors (Lipinski definition) is 4. The van der Waals surface area contributed by atoms with Crippen molar-refractivity contribution in [2.24, 2.45) is 17.4 Å². The molecule has 0 bridgehead atoms. The van der Waals surface area contributed by atoms with Crippen molar-refractivity contribution < 1.29 is 19.1 Å². The van der Waals surface area contributed by atoms with E-state index in [0.29, 0.717) is 6.42 Å². The lowest BCUT2D eigenvalue weighted by molar-refractivity contribution is -0.128. The Bertz CT molecular complexity index is 946. The van der Waals surface area contributed by atoms with Gasteiger partial charge in [0.15, 0.2) is 0 Å². The van der Waals surface area contributed by atoms with E-state index in [0.717, 1.165) is 22.3 Å². The van der Waals surface area contributed by atoms with Gasteiger partial charge in [-0.15, -0.1) is 0 Å². The van der Waals surface area contributed by atoms with Crippen molar-refractivity contribution in [3.63, 3.8) is 0 Å². The minimum atomic E-state index is -1.04. The highest BCUT2D eigenvalue weighted by Crippen LogP contribution is 2.44. The monoisotopic (exact) mass is 438 g/mol. The van der Waals surface area contributed by atoms with Gasteiger partial charge in [0.2, 0.25) is 11.8 Å². The van der Waals surface area contributed by atoms with Gasteiger partial charge < -0.3 is 26.8 Å². The lowest BCUT2D eigenvalue weighted by Gasteiger charge is -2.20. The zero-order valence-electron chi connectivity index (χ0n) is 18.3. The molecule has 2 atom stereocenters. The highest BCUT2D eigenvalue weighted by atomic mass is 16.5. The molecule has 0 fully saturated rings. The van der Waals surface area contributed by atoms with Gasteiger partial charge in [0, 0.05) is 12.5 Å². The molecule has 0 unspecified atom stereocenters. The van der Waals surface area contributed by atoms with Crippen LogP contribution in [0.5, 0.6) is 0 Å². The van der Waals surface area contributed by atoms with Crippen LogP contribution in [-0.2, 0) is 14.3 Å². The number of fused-ring (bicyclic) bond motifs is 3. The molecule has 0 aliphatic heterocycles. The van der Waals surface area contributed by atoms with Crippen LogP contribution >= 0.6 is 0 Å². The molecule has 170 valence electrons. The molecule has 1 aliphatic carbocycles. The topological polar surface area (TPSA) is 137 Å². The molecule has 0 saturated heterocycles. The van der Waals surface area contributed by atoms with Crippen molar-refractivity contribution >= 4 is 17.9 Å². The van der Waals surface area contributed by atoms with Crippen molar-refractivity contribution in [2.45, 2.75) is 38.3 Å². The first kappa shape index (κ1) is 23.3. The lowest BCUT2D eigenvalue weighted by atomic mass is 9.98. The number of carbonyl (C=O) groups excluding carboxylic acids is 3. The first-order chi connectivity index (χ1) is 15.3. The number of hydrogen-bond acceptors (Lipinski definition) is 5. The fourth-order valence-electron chi connectivity index (χ4n) is 3.93. The Morgan fingerprint density at radius 3 is 2.09 bits per heavy atom. The van der Waals surface area contributed by atoms with Crippen molar-refractivity contribution in [1.29, 1.82) is 0 Å². The van der Waals surface area contributed by atoms with Crippen LogP contribution in [0.1, 0.15) is 37.3 Å². The second-order valence-corrected chi connectivity index (χ2v) is 8.41. The van der Waals surface area contributed by atoms with Gasteiger partial charge in [-0.3, -0.25) is 9.59 Å². The molecule has 0 heterocycles. The van der Waals surface area contributed by atoms with E-state index in [9.17, 15) is 14.4 Å². The summed E-state index contributed by atoms with van der Waals surface area (Å²) in [5.74, 6) is -1.07. The quantitative estimate of drug-likeness (QED) is 0.474. The molecule has 3 rings (SSSR count). The third-order valence-electron chi connectivity index (χ3n) is 5.51. The number of alkyl carbamates (subject to hydrolysis) is 1. The summed E-state index contributed by atoms with van der Waals surface area (Å²) in [7, 11) is 0. The van der Waals surface area contributed by atoms with Crippen molar-refractivity contribution in [2.75, 3.05) is 13.2 Å². The smallest absolute Gasteiger partial charge is 0.407 e. The average Bonchev–Trinajstić information content (AvgIpc) is 3.09. The molecule has 8 nitrogen and oxygen atoms in total. The average molecular weight is 439 g/mol. The standard InChI is InChI=1S/C24H30N4O4/c1-14(2)11-21(22(26)29)28-23(30)20(25)12-27-24(31)32-13-19-17-9-5-3-7-15(17)16-8-4-6-10-18(16)19/h3-10,14,19-21H,11-13,25H2,1-2H3,(H2,26,29)(H,27,31)(H,28,30)/t20-,21-/m0/s1. The van der Waals surface area contributed by atoms with E-state index in [1.807, 2.05) is 50.2 Å². The van der Waals surface area contributed by atoms with Gasteiger partial charge in [-0.1, -0.05) is 62.4 Å². The van der Waals surface area contributed by atoms with Crippen molar-refractivity contribution in [3.05, 3.63) is 59.7 Å². The highest BCUT2D eigenvalue weighted by Gasteiger charge is 2.29. The third-order valence-corrected chi connectivity index (χ3v) is 5.51. The number of amides is 3. The van der Waals surface area contributed by atoms with Crippen LogP contribution in [0.3, 0.4) is 0 Å². The number of primary amides is 1. The Labute approximate surface area is 187 Å². The summed E-state index contributed by atoms with van der Waals surface area (Å²) in [5.41, 5.74) is 15.7. The van der Waals surface area contributed by atoms with Gasteiger partial charge in [-0.2, -0.15) is 0 Å². The fraction of sp³-hybridized carbons (Fsp3) is 0.375. The van der Waals surface area contributed by atoms with E-state index in [-0.39, 0.29) is 25.0 Å². The van der Waals surface area contributed by atoms with Crippen LogP contribution in [-0.4, -0.2) is 43.1 Å². The van der Waals surface area contributed by atoms with Crippen LogP contribution in [0.15, 0.2) is 48.5 Å². The van der Waals surface area contributed by atoms with Crippen LogP contribution < -0.4 is 22.1 Å². The van der Waals surface area contributed by atoms with E-state index in [2.05, 4.69) is 22.8 Å². The zero-order chi connectivity index (χ0) is 23.3. The number of carbonyl (C=O) groups is 3. The van der Waals surface area contributed by atoms with Crippen molar-refractivity contribution in [1.82, 2.24) is 10.6 Å². The lowest BCUT2D eigenvalue weighted by Crippen LogP contribution is -2.54. The minimum Gasteiger partial charge on any atom is -0.449 e. The SMILES string of the molecule is CC(C)C[C@H](NC(=O)[C@@H](N)CNC(=O)OCC1c2ccccc2-c2ccccc21)C(N)=O. The first-order valence-corrected chi connectivity index (χ1v) is 10.7. The Hall–Kier alpha value is -3.39. The predicted octanol–water partition coefficient (Wildman–Crippen LogP) is 1.87. The van der Waals surface area contributed by atoms with Gasteiger partial charge in [0.05, 0.1) is 0 Å². The summed E-state index contributed by atoms with van der Waals surface area (Å²) in [6, 6.07) is 14.3. The summed E-state index contributed by atoms with van der Waals surface area (Å²) >= 11 is 0. The molecule has 2 aromatic carbocycles. The largest absolute Gasteiger partial charge is 0.449 e. The van der Waals surface area contributed by atoms with Crippen LogP contribution in [0.25, 0.3) is 11.1 Å². The van der Waals surface area contributed by atoms with Crippen LogP contribution in [0.2, 0.25) is 0 Å². The van der Waals surface area contributed by atoms with Gasteiger partial charge in [-0.05, 0) is 34.6 Å². The molecule has 3 amide bonds. The molecule has 1 aliphatic rings. The number of nitrogens with two attached hydrogens (primary N) is 2. The maximum Gasteiger partial charge on any atom is 0.407 e. The molecule has 0 spiro atoms. The maximum absolute atomic E-state index is 12.3. The Kier molecular flexibility index (Phi) is 7.48. The van der Waals surface area contributed by atoms with E-state index < -0.39 is 30.0 Å². The zero-order valence-corrected chi connectivity index (χ0v) is 18.3. The van der Waals surface area contributed by atoms with Gasteiger partial charge in [-0.25, -0.2) is 4.79 Å². The Morgan fingerprint density at radius 1 is 1.00 bits per heavy atom. The maximum atomic E-state index is 12.3. The van der Waals surface area contributed by atoms with E-state index >= 15 is 0 Å². The summed E-state index contributed by atoms with van der Waals surface area (Å²) in [6.45, 7) is 3.87.